The first kappa shape index (κ1) is 7.69. The minimum absolute atomic E-state index is 0.0958. The lowest BCUT2D eigenvalue weighted by molar-refractivity contribution is 0.383. The predicted octanol–water partition coefficient (Wildman–Crippen LogP) is 1.21. The molecule has 3 heteroatoms. The molecular formula is C5H10NOS. The molecule has 0 saturated heterocycles. The van der Waals surface area contributed by atoms with Crippen LogP contribution >= 0.6 is 12.2 Å². The number of thiocarbonyl (C=S) groups is 1. The molecule has 1 radical (unpaired) electrons. The smallest absolute Gasteiger partial charge is 0.254 e. The summed E-state index contributed by atoms with van der Waals surface area (Å²) in [5.41, 5.74) is 5.01. The third-order valence-electron chi connectivity index (χ3n) is 0.606. The van der Waals surface area contributed by atoms with Crippen LogP contribution in [-0.4, -0.2) is 5.17 Å². The molecule has 47 valence electrons. The van der Waals surface area contributed by atoms with Crippen LogP contribution in [0.15, 0.2) is 0 Å². The minimum Gasteiger partial charge on any atom is -0.464 e. The van der Waals surface area contributed by atoms with Crippen LogP contribution in [0.2, 0.25) is 0 Å². The van der Waals surface area contributed by atoms with Crippen LogP contribution in [0.5, 0.6) is 0 Å². The highest BCUT2D eigenvalue weighted by Gasteiger charge is 1.86. The summed E-state index contributed by atoms with van der Waals surface area (Å²) in [6.07, 6.45) is 1.96. The van der Waals surface area contributed by atoms with Gasteiger partial charge in [-0.1, -0.05) is 13.3 Å². The van der Waals surface area contributed by atoms with E-state index in [1.807, 2.05) is 0 Å². The highest BCUT2D eigenvalue weighted by Crippen LogP contribution is 1.92. The number of ether oxygens (including phenoxy) is 1. The third-order valence-corrected chi connectivity index (χ3v) is 0.702. The largest absolute Gasteiger partial charge is 0.464 e. The van der Waals surface area contributed by atoms with Gasteiger partial charge in [0.15, 0.2) is 0 Å². The van der Waals surface area contributed by atoms with E-state index in [9.17, 15) is 0 Å². The molecular weight excluding hydrogens is 122 g/mol. The molecule has 0 aliphatic rings. The van der Waals surface area contributed by atoms with Gasteiger partial charge in [0.1, 0.15) is 6.61 Å². The van der Waals surface area contributed by atoms with Gasteiger partial charge in [0.25, 0.3) is 5.17 Å². The molecule has 0 fully saturated rings. The van der Waals surface area contributed by atoms with Crippen molar-refractivity contribution in [3.05, 3.63) is 6.61 Å². The Kier molecular flexibility index (Phi) is 4.65. The summed E-state index contributed by atoms with van der Waals surface area (Å²) in [5.74, 6) is 0. The number of hydrogen-bond acceptors (Lipinski definition) is 2. The number of hydrogen-bond donors (Lipinski definition) is 1. The molecule has 8 heavy (non-hydrogen) atoms. The lowest BCUT2D eigenvalue weighted by Gasteiger charge is -1.97. The number of unbranched alkanes of at least 4 members (excludes halogenated alkanes) is 1. The Morgan fingerprint density at radius 3 is 2.88 bits per heavy atom. The average molecular weight is 132 g/mol. The maximum absolute atomic E-state index is 5.01. The molecule has 0 unspecified atom stereocenters. The Labute approximate surface area is 55.0 Å². The molecule has 0 aromatic carbocycles. The first-order valence-electron chi connectivity index (χ1n) is 2.55. The van der Waals surface area contributed by atoms with Crippen LogP contribution in [0.25, 0.3) is 0 Å². The van der Waals surface area contributed by atoms with E-state index in [4.69, 9.17) is 5.73 Å². The Balaban J connectivity index is 2.82. The van der Waals surface area contributed by atoms with Crippen LogP contribution in [0.3, 0.4) is 0 Å². The summed E-state index contributed by atoms with van der Waals surface area (Å²) >= 11 is 4.43. The first-order valence-corrected chi connectivity index (χ1v) is 2.96. The van der Waals surface area contributed by atoms with Gasteiger partial charge in [0.2, 0.25) is 0 Å². The Morgan fingerprint density at radius 1 is 1.88 bits per heavy atom. The molecule has 0 bridgehead atoms. The van der Waals surface area contributed by atoms with E-state index in [2.05, 4.69) is 23.9 Å². The maximum Gasteiger partial charge on any atom is 0.254 e. The molecule has 2 N–H and O–H groups in total. The quantitative estimate of drug-likeness (QED) is 0.463. The third kappa shape index (κ3) is 5.69. The van der Waals surface area contributed by atoms with Crippen LogP contribution in [0.4, 0.5) is 0 Å². The summed E-state index contributed by atoms with van der Waals surface area (Å²) in [6, 6.07) is 0. The van der Waals surface area contributed by atoms with E-state index < -0.39 is 0 Å². The fourth-order valence-electron chi connectivity index (χ4n) is 0.259. The van der Waals surface area contributed by atoms with Crippen LogP contribution in [0, 0.1) is 6.61 Å². The van der Waals surface area contributed by atoms with Crippen LogP contribution in [-0.2, 0) is 4.74 Å². The Hall–Kier alpha value is -0.310. The van der Waals surface area contributed by atoms with Crippen molar-refractivity contribution in [3.8, 4) is 0 Å². The van der Waals surface area contributed by atoms with Gasteiger partial charge in [-0.2, -0.15) is 0 Å². The van der Waals surface area contributed by atoms with Gasteiger partial charge >= 0.3 is 0 Å². The molecule has 0 aromatic heterocycles. The highest BCUT2D eigenvalue weighted by molar-refractivity contribution is 7.80. The maximum atomic E-state index is 5.01. The second-order valence-corrected chi connectivity index (χ2v) is 1.79. The molecule has 2 nitrogen and oxygen atoms in total. The average Bonchev–Trinajstić information content (AvgIpc) is 1.66. The van der Waals surface area contributed by atoms with Gasteiger partial charge in [0.05, 0.1) is 0 Å². The van der Waals surface area contributed by atoms with Crippen molar-refractivity contribution in [1.29, 1.82) is 0 Å². The van der Waals surface area contributed by atoms with Gasteiger partial charge < -0.3 is 10.5 Å². The summed E-state index contributed by atoms with van der Waals surface area (Å²) in [7, 11) is 0. The van der Waals surface area contributed by atoms with E-state index in [0.717, 1.165) is 12.8 Å². The molecule has 0 aromatic rings. The minimum atomic E-state index is 0.0958. The van der Waals surface area contributed by atoms with Crippen LogP contribution < -0.4 is 5.73 Å². The zero-order valence-corrected chi connectivity index (χ0v) is 5.70. The molecule has 0 aliphatic heterocycles. The summed E-state index contributed by atoms with van der Waals surface area (Å²) in [5, 5.41) is 0.0958. The second-order valence-electron chi connectivity index (χ2n) is 1.39. The van der Waals surface area contributed by atoms with Crippen molar-refractivity contribution in [1.82, 2.24) is 0 Å². The lowest BCUT2D eigenvalue weighted by atomic mass is 10.4. The number of rotatable bonds is 3. The number of nitrogens with two attached hydrogens (primary N) is 1. The summed E-state index contributed by atoms with van der Waals surface area (Å²) in [4.78, 5) is 0. The SMILES string of the molecule is CCC[CH]OC(N)=S. The summed E-state index contributed by atoms with van der Waals surface area (Å²) < 4.78 is 4.67. The van der Waals surface area contributed by atoms with E-state index in [1.54, 1.807) is 6.61 Å². The van der Waals surface area contributed by atoms with Gasteiger partial charge in [-0.25, -0.2) is 0 Å². The van der Waals surface area contributed by atoms with Crippen molar-refractivity contribution >= 4 is 17.4 Å². The monoisotopic (exact) mass is 132 g/mol. The Morgan fingerprint density at radius 2 is 2.50 bits per heavy atom. The van der Waals surface area contributed by atoms with Gasteiger partial charge in [-0.05, 0) is 18.6 Å². The predicted molar refractivity (Wildman–Crippen MR) is 37.1 cm³/mol. The van der Waals surface area contributed by atoms with Crippen molar-refractivity contribution < 1.29 is 4.74 Å². The molecule has 0 atom stereocenters. The van der Waals surface area contributed by atoms with Gasteiger partial charge in [-0.15, -0.1) is 0 Å². The van der Waals surface area contributed by atoms with Gasteiger partial charge in [-0.3, -0.25) is 0 Å². The normalized spacial score (nSPS) is 8.62. The molecule has 0 heterocycles. The molecule has 0 rings (SSSR count). The molecule has 0 spiro atoms. The Bertz CT molecular complexity index is 74.8. The second kappa shape index (κ2) is 4.84. The summed E-state index contributed by atoms with van der Waals surface area (Å²) in [6.45, 7) is 3.67. The van der Waals surface area contributed by atoms with E-state index in [1.165, 1.54) is 0 Å². The standard InChI is InChI=1S/C5H10NOS/c1-2-3-4-7-5(6)8/h4H,2-3H2,1H3,(H2,6,8). The zero-order valence-electron chi connectivity index (χ0n) is 4.89. The topological polar surface area (TPSA) is 35.2 Å². The fourth-order valence-corrected chi connectivity index (χ4v) is 0.327. The zero-order chi connectivity index (χ0) is 6.41. The molecule has 0 amide bonds. The van der Waals surface area contributed by atoms with Crippen molar-refractivity contribution in [2.24, 2.45) is 5.73 Å². The van der Waals surface area contributed by atoms with Crippen LogP contribution in [0.1, 0.15) is 19.8 Å². The van der Waals surface area contributed by atoms with Crippen molar-refractivity contribution in [2.75, 3.05) is 0 Å². The van der Waals surface area contributed by atoms with Crippen molar-refractivity contribution in [3.63, 3.8) is 0 Å². The van der Waals surface area contributed by atoms with Gasteiger partial charge in [0, 0.05) is 0 Å². The van der Waals surface area contributed by atoms with E-state index >= 15 is 0 Å². The van der Waals surface area contributed by atoms with E-state index in [-0.39, 0.29) is 5.17 Å². The molecule has 0 aliphatic carbocycles. The van der Waals surface area contributed by atoms with Crippen molar-refractivity contribution in [2.45, 2.75) is 19.8 Å². The lowest BCUT2D eigenvalue weighted by Crippen LogP contribution is -2.10. The highest BCUT2D eigenvalue weighted by atomic mass is 32.1. The molecule has 0 saturated carbocycles. The van der Waals surface area contributed by atoms with E-state index in [0.29, 0.717) is 0 Å². The first-order chi connectivity index (χ1) is 3.77. The fraction of sp³-hybridized carbons (Fsp3) is 0.600.